The van der Waals surface area contributed by atoms with E-state index in [0.717, 1.165) is 32.2 Å². The first-order valence-electron chi connectivity index (χ1n) is 6.89. The van der Waals surface area contributed by atoms with Crippen LogP contribution in [-0.2, 0) is 16.6 Å². The molecule has 0 radical (unpaired) electrons. The molecule has 5 nitrogen and oxygen atoms in total. The lowest BCUT2D eigenvalue weighted by Crippen LogP contribution is -2.24. The van der Waals surface area contributed by atoms with Gasteiger partial charge in [-0.2, -0.15) is 0 Å². The summed E-state index contributed by atoms with van der Waals surface area (Å²) < 4.78 is 31.7. The zero-order valence-corrected chi connectivity index (χ0v) is 12.6. The standard InChI is InChI=1S/C13H24N2O3S/c1-3-5-6-7-10-15-19(16,17)13-9-8-12(18-13)11-14-4-2/h8-9,14-15H,3-7,10-11H2,1-2H3. The van der Waals surface area contributed by atoms with E-state index in [2.05, 4.69) is 17.0 Å². The van der Waals surface area contributed by atoms with Crippen LogP contribution < -0.4 is 10.0 Å². The van der Waals surface area contributed by atoms with Crippen molar-refractivity contribution in [1.82, 2.24) is 10.0 Å². The molecule has 1 aromatic heterocycles. The van der Waals surface area contributed by atoms with E-state index in [1.165, 1.54) is 6.07 Å². The van der Waals surface area contributed by atoms with Gasteiger partial charge < -0.3 is 9.73 Å². The van der Waals surface area contributed by atoms with Crippen molar-refractivity contribution in [3.63, 3.8) is 0 Å². The van der Waals surface area contributed by atoms with E-state index in [1.807, 2.05) is 6.92 Å². The molecule has 1 aromatic rings. The lowest BCUT2D eigenvalue weighted by molar-refractivity contribution is 0.401. The predicted octanol–water partition coefficient (Wildman–Crippen LogP) is 2.25. The third-order valence-electron chi connectivity index (χ3n) is 2.77. The topological polar surface area (TPSA) is 71.3 Å². The molecule has 0 aliphatic carbocycles. The molecule has 1 heterocycles. The van der Waals surface area contributed by atoms with Crippen molar-refractivity contribution in [2.24, 2.45) is 0 Å². The average molecular weight is 288 g/mol. The van der Waals surface area contributed by atoms with Gasteiger partial charge >= 0.3 is 0 Å². The Balaban J connectivity index is 2.45. The quantitative estimate of drug-likeness (QED) is 0.648. The highest BCUT2D eigenvalue weighted by Gasteiger charge is 2.17. The molecule has 0 saturated carbocycles. The highest BCUT2D eigenvalue weighted by Crippen LogP contribution is 2.13. The summed E-state index contributed by atoms with van der Waals surface area (Å²) in [7, 11) is -3.50. The maximum atomic E-state index is 11.9. The zero-order valence-electron chi connectivity index (χ0n) is 11.7. The molecule has 0 aliphatic rings. The maximum Gasteiger partial charge on any atom is 0.273 e. The minimum Gasteiger partial charge on any atom is -0.447 e. The molecule has 1 rings (SSSR count). The summed E-state index contributed by atoms with van der Waals surface area (Å²) in [6.45, 7) is 5.93. The molecule has 110 valence electrons. The minimum absolute atomic E-state index is 0.00380. The van der Waals surface area contributed by atoms with Gasteiger partial charge in [0.1, 0.15) is 5.76 Å². The highest BCUT2D eigenvalue weighted by atomic mass is 32.2. The Bertz CT molecular complexity index is 454. The fourth-order valence-electron chi connectivity index (χ4n) is 1.68. The van der Waals surface area contributed by atoms with Crippen molar-refractivity contribution in [1.29, 1.82) is 0 Å². The van der Waals surface area contributed by atoms with Gasteiger partial charge in [-0.1, -0.05) is 33.1 Å². The molecule has 6 heteroatoms. The van der Waals surface area contributed by atoms with Crippen LogP contribution in [0.2, 0.25) is 0 Å². The molecule has 0 amide bonds. The van der Waals surface area contributed by atoms with Gasteiger partial charge in [-0.05, 0) is 25.1 Å². The van der Waals surface area contributed by atoms with Crippen molar-refractivity contribution in [3.05, 3.63) is 17.9 Å². The van der Waals surface area contributed by atoms with Crippen molar-refractivity contribution < 1.29 is 12.8 Å². The van der Waals surface area contributed by atoms with Gasteiger partial charge in [-0.25, -0.2) is 13.1 Å². The molecule has 0 aromatic carbocycles. The largest absolute Gasteiger partial charge is 0.447 e. The molecule has 0 atom stereocenters. The van der Waals surface area contributed by atoms with Crippen LogP contribution in [-0.4, -0.2) is 21.5 Å². The van der Waals surface area contributed by atoms with Crippen LogP contribution in [0.25, 0.3) is 0 Å². The number of furan rings is 1. The Labute approximate surface area is 115 Å². The first-order chi connectivity index (χ1) is 9.10. The molecule has 19 heavy (non-hydrogen) atoms. The second-order valence-electron chi connectivity index (χ2n) is 4.46. The molecule has 0 saturated heterocycles. The Morgan fingerprint density at radius 3 is 2.63 bits per heavy atom. The third kappa shape index (κ3) is 5.76. The van der Waals surface area contributed by atoms with E-state index < -0.39 is 10.0 Å². The summed E-state index contributed by atoms with van der Waals surface area (Å²) in [5.74, 6) is 0.633. The van der Waals surface area contributed by atoms with Gasteiger partial charge in [-0.3, -0.25) is 0 Å². The smallest absolute Gasteiger partial charge is 0.273 e. The SMILES string of the molecule is CCCCCCNS(=O)(=O)c1ccc(CNCC)o1. The second-order valence-corrected chi connectivity index (χ2v) is 6.16. The fourth-order valence-corrected chi connectivity index (χ4v) is 2.69. The van der Waals surface area contributed by atoms with Gasteiger partial charge in [-0.15, -0.1) is 0 Å². The number of unbranched alkanes of at least 4 members (excludes halogenated alkanes) is 3. The van der Waals surface area contributed by atoms with Gasteiger partial charge in [0.05, 0.1) is 6.54 Å². The van der Waals surface area contributed by atoms with Crippen LogP contribution in [0.3, 0.4) is 0 Å². The summed E-state index contributed by atoms with van der Waals surface area (Å²) in [6.07, 6.45) is 4.18. The lowest BCUT2D eigenvalue weighted by Gasteiger charge is -2.04. The van der Waals surface area contributed by atoms with Crippen LogP contribution >= 0.6 is 0 Å². The minimum atomic E-state index is -3.50. The zero-order chi connectivity index (χ0) is 14.1. The summed E-state index contributed by atoms with van der Waals surface area (Å²) in [6, 6.07) is 3.19. The van der Waals surface area contributed by atoms with Crippen molar-refractivity contribution in [3.8, 4) is 0 Å². The van der Waals surface area contributed by atoms with Gasteiger partial charge in [0.15, 0.2) is 0 Å². The third-order valence-corrected chi connectivity index (χ3v) is 4.11. The van der Waals surface area contributed by atoms with E-state index in [9.17, 15) is 8.42 Å². The van der Waals surface area contributed by atoms with E-state index in [4.69, 9.17) is 4.42 Å². The first kappa shape index (κ1) is 16.2. The number of hydrogen-bond acceptors (Lipinski definition) is 4. The Hall–Kier alpha value is -0.850. The number of nitrogens with one attached hydrogen (secondary N) is 2. The van der Waals surface area contributed by atoms with Crippen LogP contribution in [0.1, 0.15) is 45.3 Å². The molecular weight excluding hydrogens is 264 g/mol. The maximum absolute atomic E-state index is 11.9. The molecule has 2 N–H and O–H groups in total. The van der Waals surface area contributed by atoms with Crippen LogP contribution in [0, 0.1) is 0 Å². The van der Waals surface area contributed by atoms with Gasteiger partial charge in [0, 0.05) is 6.54 Å². The van der Waals surface area contributed by atoms with Gasteiger partial charge in [0.2, 0.25) is 5.09 Å². The summed E-state index contributed by atoms with van der Waals surface area (Å²) in [5, 5.41) is 3.08. The Morgan fingerprint density at radius 1 is 1.16 bits per heavy atom. The second kappa shape index (κ2) is 8.35. The van der Waals surface area contributed by atoms with Crippen molar-refractivity contribution >= 4 is 10.0 Å². The Kier molecular flexibility index (Phi) is 7.12. The molecule has 0 aliphatic heterocycles. The van der Waals surface area contributed by atoms with E-state index in [-0.39, 0.29) is 5.09 Å². The molecule has 0 unspecified atom stereocenters. The van der Waals surface area contributed by atoms with E-state index in [0.29, 0.717) is 18.8 Å². The molecular formula is C13H24N2O3S. The molecule has 0 spiro atoms. The monoisotopic (exact) mass is 288 g/mol. The Morgan fingerprint density at radius 2 is 1.95 bits per heavy atom. The van der Waals surface area contributed by atoms with Crippen LogP contribution in [0.4, 0.5) is 0 Å². The normalized spacial score (nSPS) is 11.9. The van der Waals surface area contributed by atoms with Crippen LogP contribution in [0.15, 0.2) is 21.6 Å². The molecule has 0 bridgehead atoms. The molecule has 0 fully saturated rings. The van der Waals surface area contributed by atoms with E-state index >= 15 is 0 Å². The summed E-state index contributed by atoms with van der Waals surface area (Å²) in [4.78, 5) is 0. The first-order valence-corrected chi connectivity index (χ1v) is 8.37. The summed E-state index contributed by atoms with van der Waals surface area (Å²) >= 11 is 0. The average Bonchev–Trinajstić information content (AvgIpc) is 2.85. The van der Waals surface area contributed by atoms with Crippen molar-refractivity contribution in [2.75, 3.05) is 13.1 Å². The summed E-state index contributed by atoms with van der Waals surface area (Å²) in [5.41, 5.74) is 0. The number of hydrogen-bond donors (Lipinski definition) is 2. The fraction of sp³-hybridized carbons (Fsp3) is 0.692. The highest BCUT2D eigenvalue weighted by molar-refractivity contribution is 7.89. The lowest BCUT2D eigenvalue weighted by atomic mass is 10.2. The number of sulfonamides is 1. The predicted molar refractivity (Wildman–Crippen MR) is 75.4 cm³/mol. The van der Waals surface area contributed by atoms with Crippen molar-refractivity contribution in [2.45, 2.75) is 51.2 Å². The van der Waals surface area contributed by atoms with Crippen LogP contribution in [0.5, 0.6) is 0 Å². The van der Waals surface area contributed by atoms with Gasteiger partial charge in [0.25, 0.3) is 10.0 Å². The van der Waals surface area contributed by atoms with E-state index in [1.54, 1.807) is 6.07 Å². The number of rotatable bonds is 10.